The summed E-state index contributed by atoms with van der Waals surface area (Å²) in [5.74, 6) is -0.332. The van der Waals surface area contributed by atoms with Crippen molar-refractivity contribution in [2.75, 3.05) is 44.5 Å². The van der Waals surface area contributed by atoms with Crippen LogP contribution in [0.3, 0.4) is 0 Å². The third-order valence-electron chi connectivity index (χ3n) is 5.12. The molecule has 0 fully saturated rings. The lowest BCUT2D eigenvalue weighted by Gasteiger charge is -2.28. The molecule has 176 valence electrons. The highest BCUT2D eigenvalue weighted by Gasteiger charge is 2.41. The van der Waals surface area contributed by atoms with E-state index in [1.165, 1.54) is 25.6 Å². The Kier molecular flexibility index (Phi) is 7.99. The third kappa shape index (κ3) is 6.06. The predicted octanol–water partition coefficient (Wildman–Crippen LogP) is 3.33. The normalized spacial score (nSPS) is 17.9. The molecule has 0 radical (unpaired) electrons. The fourth-order valence-corrected chi connectivity index (χ4v) is 4.87. The van der Waals surface area contributed by atoms with Gasteiger partial charge in [-0.2, -0.15) is 0 Å². The molecule has 3 rings (SSSR count). The molecular weight excluding hydrogens is 442 g/mol. The number of anilines is 2. The molecule has 2 aromatic rings. The van der Waals surface area contributed by atoms with Gasteiger partial charge in [-0.25, -0.2) is 0 Å². The number of amides is 2. The van der Waals surface area contributed by atoms with Crippen LogP contribution in [0.5, 0.6) is 5.75 Å². The van der Waals surface area contributed by atoms with Gasteiger partial charge in [-0.05, 0) is 50.0 Å². The summed E-state index contributed by atoms with van der Waals surface area (Å²) < 4.78 is 10.9. The van der Waals surface area contributed by atoms with Crippen molar-refractivity contribution in [2.45, 2.75) is 30.1 Å². The number of nitrogens with zero attached hydrogens (tertiary/aromatic N) is 2. The largest absolute Gasteiger partial charge is 0.497 e. The van der Waals surface area contributed by atoms with Crippen LogP contribution in [0.1, 0.15) is 24.7 Å². The van der Waals surface area contributed by atoms with E-state index in [0.29, 0.717) is 30.2 Å². The van der Waals surface area contributed by atoms with E-state index in [1.807, 2.05) is 49.3 Å². The first-order valence-electron chi connectivity index (χ1n) is 10.5. The minimum Gasteiger partial charge on any atom is -0.497 e. The Balaban J connectivity index is 2.11. The van der Waals surface area contributed by atoms with Crippen LogP contribution in [-0.2, 0) is 19.1 Å². The Morgan fingerprint density at radius 1 is 1.12 bits per heavy atom. The highest BCUT2D eigenvalue weighted by molar-refractivity contribution is 7.99. The Bertz CT molecular complexity index is 1030. The minimum absolute atomic E-state index is 0.198. The SMILES string of the molecule is COc1ccc([C@H]2Sc3ccc(NC(C)=O)cc3N(CCN(C)C)C(=O)[C@H]2OC(C)=O)cc1. The van der Waals surface area contributed by atoms with Crippen molar-refractivity contribution in [3.8, 4) is 5.75 Å². The Morgan fingerprint density at radius 3 is 2.39 bits per heavy atom. The van der Waals surface area contributed by atoms with E-state index >= 15 is 0 Å². The number of esters is 1. The average molecular weight is 472 g/mol. The number of carbonyl (C=O) groups is 3. The molecular formula is C24H29N3O5S. The first-order chi connectivity index (χ1) is 15.7. The number of hydrogen-bond acceptors (Lipinski definition) is 7. The zero-order valence-electron chi connectivity index (χ0n) is 19.5. The number of methoxy groups -OCH3 is 1. The van der Waals surface area contributed by atoms with Crippen molar-refractivity contribution >= 4 is 40.9 Å². The number of nitrogens with one attached hydrogen (secondary N) is 1. The van der Waals surface area contributed by atoms with Crippen LogP contribution in [0.4, 0.5) is 11.4 Å². The van der Waals surface area contributed by atoms with Crippen molar-refractivity contribution in [3.63, 3.8) is 0 Å². The van der Waals surface area contributed by atoms with E-state index in [9.17, 15) is 14.4 Å². The number of ether oxygens (including phenoxy) is 2. The Hall–Kier alpha value is -3.04. The molecule has 2 atom stereocenters. The van der Waals surface area contributed by atoms with E-state index in [1.54, 1.807) is 24.1 Å². The van der Waals surface area contributed by atoms with Crippen LogP contribution < -0.4 is 15.0 Å². The second-order valence-electron chi connectivity index (χ2n) is 8.00. The summed E-state index contributed by atoms with van der Waals surface area (Å²) in [4.78, 5) is 41.9. The number of likely N-dealkylation sites (N-methyl/N-ethyl adjacent to an activating group) is 1. The summed E-state index contributed by atoms with van der Waals surface area (Å²) in [5.41, 5.74) is 2.11. The molecule has 0 saturated heterocycles. The Morgan fingerprint density at radius 2 is 1.82 bits per heavy atom. The van der Waals surface area contributed by atoms with E-state index in [2.05, 4.69) is 5.32 Å². The van der Waals surface area contributed by atoms with Crippen LogP contribution in [0.2, 0.25) is 0 Å². The van der Waals surface area contributed by atoms with Gasteiger partial charge < -0.3 is 24.6 Å². The van der Waals surface area contributed by atoms with Crippen LogP contribution in [-0.4, -0.2) is 63.1 Å². The van der Waals surface area contributed by atoms with Gasteiger partial charge in [-0.1, -0.05) is 12.1 Å². The van der Waals surface area contributed by atoms with E-state index in [0.717, 1.165) is 10.5 Å². The van der Waals surface area contributed by atoms with Crippen LogP contribution in [0, 0.1) is 0 Å². The molecule has 8 nitrogen and oxygen atoms in total. The van der Waals surface area contributed by atoms with Crippen LogP contribution >= 0.6 is 11.8 Å². The summed E-state index contributed by atoms with van der Waals surface area (Å²) >= 11 is 1.46. The van der Waals surface area contributed by atoms with Gasteiger partial charge in [0.25, 0.3) is 5.91 Å². The molecule has 0 bridgehead atoms. The molecule has 1 aliphatic rings. The van der Waals surface area contributed by atoms with Crippen molar-refractivity contribution in [2.24, 2.45) is 0 Å². The highest BCUT2D eigenvalue weighted by atomic mass is 32.2. The second-order valence-corrected chi connectivity index (χ2v) is 9.18. The second kappa shape index (κ2) is 10.7. The van der Waals surface area contributed by atoms with Gasteiger partial charge in [0.1, 0.15) is 5.75 Å². The first-order valence-corrected chi connectivity index (χ1v) is 11.4. The zero-order valence-corrected chi connectivity index (χ0v) is 20.3. The van der Waals surface area contributed by atoms with Crippen molar-refractivity contribution in [1.82, 2.24) is 4.90 Å². The van der Waals surface area contributed by atoms with Crippen LogP contribution in [0.15, 0.2) is 47.4 Å². The van der Waals surface area contributed by atoms with Gasteiger partial charge in [0.15, 0.2) is 6.10 Å². The topological polar surface area (TPSA) is 88.2 Å². The molecule has 2 amide bonds. The van der Waals surface area contributed by atoms with E-state index in [4.69, 9.17) is 9.47 Å². The molecule has 1 N–H and O–H groups in total. The number of thioether (sulfide) groups is 1. The molecule has 1 aliphatic heterocycles. The number of hydrogen-bond donors (Lipinski definition) is 1. The van der Waals surface area contributed by atoms with Crippen LogP contribution in [0.25, 0.3) is 0 Å². The lowest BCUT2D eigenvalue weighted by Crippen LogP contribution is -2.45. The maximum absolute atomic E-state index is 13.8. The monoisotopic (exact) mass is 471 g/mol. The Labute approximate surface area is 198 Å². The third-order valence-corrected chi connectivity index (χ3v) is 6.49. The maximum Gasteiger partial charge on any atom is 0.303 e. The average Bonchev–Trinajstić information content (AvgIpc) is 2.86. The fraction of sp³-hybridized carbons (Fsp3) is 0.375. The molecule has 2 aromatic carbocycles. The minimum atomic E-state index is -1.01. The lowest BCUT2D eigenvalue weighted by molar-refractivity contribution is -0.152. The predicted molar refractivity (Wildman–Crippen MR) is 129 cm³/mol. The number of fused-ring (bicyclic) bond motifs is 1. The quantitative estimate of drug-likeness (QED) is 0.620. The molecule has 0 spiro atoms. The number of carbonyl (C=O) groups excluding carboxylic acids is 3. The van der Waals surface area contributed by atoms with Gasteiger partial charge in [0.2, 0.25) is 5.91 Å². The summed E-state index contributed by atoms with van der Waals surface area (Å²) in [6, 6.07) is 12.9. The standard InChI is InChI=1S/C24H29N3O5S/c1-15(28)25-18-8-11-21-20(14-18)27(13-12-26(3)4)24(30)22(32-16(2)29)23(33-21)17-6-9-19(31-5)10-7-17/h6-11,14,22-23H,12-13H2,1-5H3,(H,25,28)/t22-,23+/m0/s1. The molecule has 0 saturated carbocycles. The smallest absolute Gasteiger partial charge is 0.303 e. The van der Waals surface area contributed by atoms with Gasteiger partial charge in [-0.15, -0.1) is 11.8 Å². The van der Waals surface area contributed by atoms with Gasteiger partial charge in [0.05, 0.1) is 18.0 Å². The molecule has 0 aromatic heterocycles. The molecule has 1 heterocycles. The van der Waals surface area contributed by atoms with Crippen molar-refractivity contribution in [1.29, 1.82) is 0 Å². The van der Waals surface area contributed by atoms with E-state index in [-0.39, 0.29) is 11.8 Å². The van der Waals surface area contributed by atoms with Gasteiger partial charge in [0, 0.05) is 37.5 Å². The summed E-state index contributed by atoms with van der Waals surface area (Å²) in [7, 11) is 5.44. The zero-order chi connectivity index (χ0) is 24.1. The number of rotatable bonds is 7. The summed E-state index contributed by atoms with van der Waals surface area (Å²) in [6.07, 6.45) is -1.01. The first kappa shape index (κ1) is 24.6. The molecule has 0 unspecified atom stereocenters. The van der Waals surface area contributed by atoms with Gasteiger partial charge >= 0.3 is 5.97 Å². The number of benzene rings is 2. The van der Waals surface area contributed by atoms with Gasteiger partial charge in [-0.3, -0.25) is 14.4 Å². The molecule has 9 heteroatoms. The summed E-state index contributed by atoms with van der Waals surface area (Å²) in [5, 5.41) is 2.32. The maximum atomic E-state index is 13.8. The van der Waals surface area contributed by atoms with Crippen molar-refractivity contribution < 1.29 is 23.9 Å². The fourth-order valence-electron chi connectivity index (χ4n) is 3.57. The lowest BCUT2D eigenvalue weighted by atomic mass is 10.1. The summed E-state index contributed by atoms with van der Waals surface area (Å²) in [6.45, 7) is 3.75. The van der Waals surface area contributed by atoms with Crippen molar-refractivity contribution in [3.05, 3.63) is 48.0 Å². The molecule has 0 aliphatic carbocycles. The van der Waals surface area contributed by atoms with E-state index < -0.39 is 17.3 Å². The molecule has 33 heavy (non-hydrogen) atoms. The highest BCUT2D eigenvalue weighted by Crippen LogP contribution is 2.47.